The SMILES string of the molecule is CC/C=C\C/C=C\C/C=C\C/C=C\C/C=C\CCCC(=O)OCC(COC(=O)CC/C=C\C/C=C\C/C=C\C/C=C\CC)OC(=O)CCCCCCCCCCCCCCCCCC. The second-order valence-electron chi connectivity index (χ2n) is 16.7. The van der Waals surface area contributed by atoms with E-state index in [2.05, 4.69) is 118 Å². The molecule has 0 bridgehead atoms. The van der Waals surface area contributed by atoms with Gasteiger partial charge < -0.3 is 14.2 Å². The molecule has 0 fully saturated rings. The maximum absolute atomic E-state index is 12.8. The standard InChI is InChI=1S/C58H94O6/c1-4-7-10-13-16-19-22-25-27-29-31-33-36-39-42-45-48-51-57(60)63-54-55(53-62-56(59)50-47-44-41-38-35-32-24-21-18-15-12-9-6-3)64-58(61)52-49-46-43-40-37-34-30-28-26-23-20-17-14-11-8-5-2/h7,9-10,12,16,18-19,21,25,27,31-33,35,39,41-42,44,55H,4-6,8,11,13-15,17,20,22-24,26,28-30,34,36-38,40,43,45-54H2,1-3H3/b10-7-,12-9-,19-16-,21-18-,27-25-,33-31-,35-32-,42-39-,44-41-. The van der Waals surface area contributed by atoms with Gasteiger partial charge in [0.05, 0.1) is 0 Å². The fourth-order valence-corrected chi connectivity index (χ4v) is 6.73. The Labute approximate surface area is 393 Å². The molecule has 1 atom stereocenters. The molecule has 0 aromatic heterocycles. The minimum atomic E-state index is -0.829. The summed E-state index contributed by atoms with van der Waals surface area (Å²) in [7, 11) is 0. The average Bonchev–Trinajstić information content (AvgIpc) is 3.29. The van der Waals surface area contributed by atoms with Crippen LogP contribution in [0.4, 0.5) is 0 Å². The zero-order valence-electron chi connectivity index (χ0n) is 41.3. The summed E-state index contributed by atoms with van der Waals surface area (Å²) in [5.41, 5.74) is 0. The van der Waals surface area contributed by atoms with Gasteiger partial charge in [-0.25, -0.2) is 0 Å². The minimum Gasteiger partial charge on any atom is -0.462 e. The van der Waals surface area contributed by atoms with Crippen LogP contribution in [0.2, 0.25) is 0 Å². The molecular formula is C58H94O6. The van der Waals surface area contributed by atoms with Crippen molar-refractivity contribution in [1.82, 2.24) is 0 Å². The van der Waals surface area contributed by atoms with Crippen LogP contribution in [0.3, 0.4) is 0 Å². The van der Waals surface area contributed by atoms with Crippen LogP contribution >= 0.6 is 0 Å². The molecule has 0 aliphatic carbocycles. The number of unbranched alkanes of at least 4 members (excludes halogenated alkanes) is 16. The first-order valence-electron chi connectivity index (χ1n) is 25.9. The van der Waals surface area contributed by atoms with Crippen LogP contribution in [-0.4, -0.2) is 37.2 Å². The topological polar surface area (TPSA) is 78.9 Å². The van der Waals surface area contributed by atoms with Crippen LogP contribution in [0.25, 0.3) is 0 Å². The van der Waals surface area contributed by atoms with Crippen LogP contribution < -0.4 is 0 Å². The van der Waals surface area contributed by atoms with Crippen LogP contribution in [0.1, 0.15) is 220 Å². The zero-order chi connectivity index (χ0) is 46.5. The van der Waals surface area contributed by atoms with Crippen molar-refractivity contribution < 1.29 is 28.6 Å². The highest BCUT2D eigenvalue weighted by Crippen LogP contribution is 2.15. The fraction of sp³-hybridized carbons (Fsp3) is 0.638. The third-order valence-corrected chi connectivity index (χ3v) is 10.5. The van der Waals surface area contributed by atoms with E-state index in [0.717, 1.165) is 83.5 Å². The normalized spacial score (nSPS) is 13.0. The second kappa shape index (κ2) is 51.7. The Morgan fingerprint density at radius 3 is 1.03 bits per heavy atom. The van der Waals surface area contributed by atoms with Crippen LogP contribution in [0.5, 0.6) is 0 Å². The Kier molecular flexibility index (Phi) is 48.5. The van der Waals surface area contributed by atoms with Crippen molar-refractivity contribution in [2.45, 2.75) is 226 Å². The lowest BCUT2D eigenvalue weighted by Gasteiger charge is -2.18. The first-order chi connectivity index (χ1) is 31.5. The minimum absolute atomic E-state index is 0.130. The van der Waals surface area contributed by atoms with E-state index in [1.54, 1.807) is 0 Å². The maximum atomic E-state index is 12.8. The van der Waals surface area contributed by atoms with E-state index in [1.807, 2.05) is 12.2 Å². The molecule has 0 aromatic rings. The van der Waals surface area contributed by atoms with Gasteiger partial charge in [-0.05, 0) is 83.5 Å². The number of esters is 3. The summed E-state index contributed by atoms with van der Waals surface area (Å²) in [4.78, 5) is 37.9. The van der Waals surface area contributed by atoms with E-state index in [0.29, 0.717) is 19.3 Å². The van der Waals surface area contributed by atoms with Gasteiger partial charge in [-0.2, -0.15) is 0 Å². The first kappa shape index (κ1) is 60.1. The summed E-state index contributed by atoms with van der Waals surface area (Å²) in [6, 6.07) is 0. The van der Waals surface area contributed by atoms with Crippen LogP contribution in [0, 0.1) is 0 Å². The van der Waals surface area contributed by atoms with Gasteiger partial charge in [-0.1, -0.05) is 226 Å². The molecule has 0 radical (unpaired) electrons. The largest absolute Gasteiger partial charge is 0.462 e. The lowest BCUT2D eigenvalue weighted by Crippen LogP contribution is -2.30. The summed E-state index contributed by atoms with van der Waals surface area (Å²) in [6.07, 6.45) is 69.5. The van der Waals surface area contributed by atoms with E-state index in [9.17, 15) is 14.4 Å². The van der Waals surface area contributed by atoms with Crippen molar-refractivity contribution in [1.29, 1.82) is 0 Å². The number of rotatable bonds is 45. The number of ether oxygens (including phenoxy) is 3. The van der Waals surface area contributed by atoms with Gasteiger partial charge in [0.15, 0.2) is 6.10 Å². The molecule has 0 saturated carbocycles. The highest BCUT2D eigenvalue weighted by atomic mass is 16.6. The van der Waals surface area contributed by atoms with Gasteiger partial charge in [0.2, 0.25) is 0 Å². The van der Waals surface area contributed by atoms with Gasteiger partial charge in [0.1, 0.15) is 13.2 Å². The van der Waals surface area contributed by atoms with E-state index < -0.39 is 6.10 Å². The van der Waals surface area contributed by atoms with E-state index in [-0.39, 0.29) is 44.0 Å². The molecule has 0 spiro atoms. The van der Waals surface area contributed by atoms with E-state index >= 15 is 0 Å². The van der Waals surface area contributed by atoms with Crippen molar-refractivity contribution in [3.63, 3.8) is 0 Å². The Balaban J connectivity index is 4.55. The molecule has 0 amide bonds. The lowest BCUT2D eigenvalue weighted by atomic mass is 10.0. The number of hydrogen-bond acceptors (Lipinski definition) is 6. The van der Waals surface area contributed by atoms with E-state index in [1.165, 1.54) is 83.5 Å². The first-order valence-corrected chi connectivity index (χ1v) is 25.9. The van der Waals surface area contributed by atoms with Crippen molar-refractivity contribution in [2.24, 2.45) is 0 Å². The van der Waals surface area contributed by atoms with Gasteiger partial charge in [0.25, 0.3) is 0 Å². The molecule has 0 aliphatic rings. The van der Waals surface area contributed by atoms with Gasteiger partial charge >= 0.3 is 17.9 Å². The Morgan fingerprint density at radius 1 is 0.328 bits per heavy atom. The van der Waals surface area contributed by atoms with E-state index in [4.69, 9.17) is 14.2 Å². The molecule has 0 saturated heterocycles. The molecule has 6 heteroatoms. The third-order valence-electron chi connectivity index (χ3n) is 10.5. The molecule has 0 rings (SSSR count). The van der Waals surface area contributed by atoms with Crippen molar-refractivity contribution in [3.8, 4) is 0 Å². The lowest BCUT2D eigenvalue weighted by molar-refractivity contribution is -0.166. The average molecular weight is 887 g/mol. The quantitative estimate of drug-likeness (QED) is 0.0262. The molecule has 64 heavy (non-hydrogen) atoms. The number of carbonyl (C=O) groups is 3. The van der Waals surface area contributed by atoms with Gasteiger partial charge in [-0.15, -0.1) is 0 Å². The number of allylic oxidation sites excluding steroid dienone is 18. The molecule has 0 aromatic carbocycles. The predicted octanol–water partition coefficient (Wildman–Crippen LogP) is 17.1. The molecule has 362 valence electrons. The molecule has 1 unspecified atom stereocenters. The highest BCUT2D eigenvalue weighted by Gasteiger charge is 2.19. The monoisotopic (exact) mass is 887 g/mol. The molecule has 0 N–H and O–H groups in total. The fourth-order valence-electron chi connectivity index (χ4n) is 6.73. The van der Waals surface area contributed by atoms with Gasteiger partial charge in [-0.3, -0.25) is 14.4 Å². The summed E-state index contributed by atoms with van der Waals surface area (Å²) < 4.78 is 16.7. The number of carbonyl (C=O) groups excluding carboxylic acids is 3. The predicted molar refractivity (Wildman–Crippen MR) is 274 cm³/mol. The molecule has 0 aliphatic heterocycles. The molecular weight excluding hydrogens is 793 g/mol. The summed E-state index contributed by atoms with van der Waals surface area (Å²) in [6.45, 7) is 6.29. The smallest absolute Gasteiger partial charge is 0.306 e. The summed E-state index contributed by atoms with van der Waals surface area (Å²) in [5, 5.41) is 0. The Morgan fingerprint density at radius 2 is 0.641 bits per heavy atom. The van der Waals surface area contributed by atoms with Crippen molar-refractivity contribution in [3.05, 3.63) is 109 Å². The van der Waals surface area contributed by atoms with Crippen molar-refractivity contribution in [2.75, 3.05) is 13.2 Å². The Bertz CT molecular complexity index is 1340. The molecule has 6 nitrogen and oxygen atoms in total. The second-order valence-corrected chi connectivity index (χ2v) is 16.7. The van der Waals surface area contributed by atoms with Crippen molar-refractivity contribution >= 4 is 17.9 Å². The van der Waals surface area contributed by atoms with Crippen LogP contribution in [-0.2, 0) is 28.6 Å². The zero-order valence-corrected chi connectivity index (χ0v) is 41.3. The number of hydrogen-bond donors (Lipinski definition) is 0. The Hall–Kier alpha value is -3.93. The van der Waals surface area contributed by atoms with Crippen LogP contribution in [0.15, 0.2) is 109 Å². The molecule has 0 heterocycles. The third kappa shape index (κ3) is 49.1. The highest BCUT2D eigenvalue weighted by molar-refractivity contribution is 5.71. The summed E-state index contributed by atoms with van der Waals surface area (Å²) >= 11 is 0. The maximum Gasteiger partial charge on any atom is 0.306 e. The summed E-state index contributed by atoms with van der Waals surface area (Å²) in [5.74, 6) is -1.07. The van der Waals surface area contributed by atoms with Gasteiger partial charge in [0, 0.05) is 19.3 Å².